The molecule has 0 N–H and O–H groups in total. The Morgan fingerprint density at radius 2 is 2.26 bits per heavy atom. The van der Waals surface area contributed by atoms with Crippen molar-refractivity contribution < 1.29 is 17.1 Å². The SMILES string of the molecule is CCCSc1nnc(N2CC(S(=O)(=O)F)CC2=O)s1. The number of halogens is 1. The van der Waals surface area contributed by atoms with Gasteiger partial charge in [0.25, 0.3) is 0 Å². The monoisotopic (exact) mass is 325 g/mol. The molecule has 2 heterocycles. The van der Waals surface area contributed by atoms with Gasteiger partial charge in [-0.1, -0.05) is 30.0 Å². The van der Waals surface area contributed by atoms with Crippen LogP contribution in [-0.2, 0) is 15.0 Å². The Bertz CT molecular complexity index is 574. The van der Waals surface area contributed by atoms with Crippen molar-refractivity contribution >= 4 is 44.4 Å². The zero-order valence-electron chi connectivity index (χ0n) is 10.1. The second-order valence-electron chi connectivity index (χ2n) is 4.01. The van der Waals surface area contributed by atoms with E-state index in [9.17, 15) is 17.1 Å². The maximum absolute atomic E-state index is 12.9. The van der Waals surface area contributed by atoms with E-state index >= 15 is 0 Å². The van der Waals surface area contributed by atoms with Crippen molar-refractivity contribution in [2.24, 2.45) is 0 Å². The summed E-state index contributed by atoms with van der Waals surface area (Å²) in [5.74, 6) is 0.457. The lowest BCUT2D eigenvalue weighted by molar-refractivity contribution is -0.117. The quantitative estimate of drug-likeness (QED) is 0.463. The molecule has 106 valence electrons. The van der Waals surface area contributed by atoms with Gasteiger partial charge in [-0.2, -0.15) is 8.42 Å². The highest BCUT2D eigenvalue weighted by molar-refractivity contribution is 8.01. The van der Waals surface area contributed by atoms with E-state index < -0.39 is 21.4 Å². The molecule has 1 saturated heterocycles. The van der Waals surface area contributed by atoms with Crippen molar-refractivity contribution in [3.8, 4) is 0 Å². The molecule has 1 atom stereocenters. The molecule has 1 aliphatic heterocycles. The molecule has 0 radical (unpaired) electrons. The number of anilines is 1. The average molecular weight is 325 g/mol. The van der Waals surface area contributed by atoms with Gasteiger partial charge in [-0.15, -0.1) is 14.1 Å². The van der Waals surface area contributed by atoms with Gasteiger partial charge in [0.15, 0.2) is 4.34 Å². The van der Waals surface area contributed by atoms with Gasteiger partial charge in [0.2, 0.25) is 11.0 Å². The van der Waals surface area contributed by atoms with E-state index in [-0.39, 0.29) is 13.0 Å². The summed E-state index contributed by atoms with van der Waals surface area (Å²) >= 11 is 2.74. The third-order valence-corrected chi connectivity index (χ3v) is 5.94. The van der Waals surface area contributed by atoms with Crippen LogP contribution in [0.5, 0.6) is 0 Å². The van der Waals surface area contributed by atoms with Crippen molar-refractivity contribution in [3.05, 3.63) is 0 Å². The number of thioether (sulfide) groups is 1. The van der Waals surface area contributed by atoms with Crippen LogP contribution in [0.15, 0.2) is 4.34 Å². The Morgan fingerprint density at radius 3 is 2.84 bits per heavy atom. The molecule has 0 aliphatic carbocycles. The van der Waals surface area contributed by atoms with Gasteiger partial charge in [-0.05, 0) is 6.42 Å². The minimum absolute atomic E-state index is 0.190. The molecule has 0 spiro atoms. The van der Waals surface area contributed by atoms with Crippen LogP contribution in [0, 0.1) is 0 Å². The van der Waals surface area contributed by atoms with Gasteiger partial charge in [-0.3, -0.25) is 9.69 Å². The first kappa shape index (κ1) is 14.7. The standard InChI is InChI=1S/C9H12FN3O3S3/c1-2-3-17-9-12-11-8(18-9)13-5-6(4-7(13)14)19(10,15)16/h6H,2-5H2,1H3. The van der Waals surface area contributed by atoms with E-state index in [4.69, 9.17) is 0 Å². The van der Waals surface area contributed by atoms with Crippen LogP contribution in [-0.4, -0.2) is 42.1 Å². The number of hydrogen-bond acceptors (Lipinski definition) is 7. The summed E-state index contributed by atoms with van der Waals surface area (Å²) in [4.78, 5) is 12.9. The maximum atomic E-state index is 12.9. The van der Waals surface area contributed by atoms with Crippen LogP contribution in [0.25, 0.3) is 0 Å². The summed E-state index contributed by atoms with van der Waals surface area (Å²) < 4.78 is 35.2. The minimum atomic E-state index is -4.70. The molecule has 1 aromatic heterocycles. The summed E-state index contributed by atoms with van der Waals surface area (Å²) in [5, 5.41) is 6.80. The molecule has 19 heavy (non-hydrogen) atoms. The Balaban J connectivity index is 2.10. The van der Waals surface area contributed by atoms with Crippen LogP contribution < -0.4 is 4.90 Å². The highest BCUT2D eigenvalue weighted by atomic mass is 32.3. The molecule has 2 rings (SSSR count). The fraction of sp³-hybridized carbons (Fsp3) is 0.667. The van der Waals surface area contributed by atoms with Crippen molar-refractivity contribution in [1.82, 2.24) is 10.2 Å². The number of hydrogen-bond donors (Lipinski definition) is 0. The zero-order chi connectivity index (χ0) is 14.0. The lowest BCUT2D eigenvalue weighted by Crippen LogP contribution is -2.26. The molecule has 0 aromatic carbocycles. The molecular weight excluding hydrogens is 313 g/mol. The maximum Gasteiger partial charge on any atom is 0.307 e. The highest BCUT2D eigenvalue weighted by Gasteiger charge is 2.40. The first-order valence-corrected chi connectivity index (χ1v) is 8.87. The summed E-state index contributed by atoms with van der Waals surface area (Å²) in [5.41, 5.74) is 0. The van der Waals surface area contributed by atoms with Gasteiger partial charge in [0.1, 0.15) is 5.25 Å². The molecular formula is C9H12FN3O3S3. The van der Waals surface area contributed by atoms with Gasteiger partial charge in [0, 0.05) is 18.7 Å². The number of nitrogens with zero attached hydrogens (tertiary/aromatic N) is 3. The number of amides is 1. The molecule has 1 fully saturated rings. The molecule has 0 saturated carbocycles. The normalized spacial score (nSPS) is 20.2. The largest absolute Gasteiger partial charge is 0.307 e. The molecule has 1 aromatic rings. The number of carbonyl (C=O) groups excluding carboxylic acids is 1. The Morgan fingerprint density at radius 1 is 1.53 bits per heavy atom. The van der Waals surface area contributed by atoms with Gasteiger partial charge in [-0.25, -0.2) is 0 Å². The third kappa shape index (κ3) is 3.42. The van der Waals surface area contributed by atoms with Gasteiger partial charge >= 0.3 is 10.2 Å². The van der Waals surface area contributed by atoms with Crippen molar-refractivity contribution in [2.75, 3.05) is 17.2 Å². The van der Waals surface area contributed by atoms with E-state index in [1.165, 1.54) is 28.0 Å². The van der Waals surface area contributed by atoms with Crippen molar-refractivity contribution in [1.29, 1.82) is 0 Å². The predicted octanol–water partition coefficient (Wildman–Crippen LogP) is 1.44. The number of aromatic nitrogens is 2. The predicted molar refractivity (Wildman–Crippen MR) is 71.7 cm³/mol. The summed E-state index contributed by atoms with van der Waals surface area (Å²) in [6.45, 7) is 1.85. The first-order valence-electron chi connectivity index (χ1n) is 5.62. The van der Waals surface area contributed by atoms with Crippen LogP contribution in [0.4, 0.5) is 9.02 Å². The minimum Gasteiger partial charge on any atom is -0.285 e. The zero-order valence-corrected chi connectivity index (χ0v) is 12.5. The van der Waals surface area contributed by atoms with Crippen molar-refractivity contribution in [2.45, 2.75) is 29.4 Å². The highest BCUT2D eigenvalue weighted by Crippen LogP contribution is 2.32. The van der Waals surface area contributed by atoms with E-state index in [1.54, 1.807) is 0 Å². The Hall–Kier alpha value is -0.740. The van der Waals surface area contributed by atoms with E-state index in [2.05, 4.69) is 10.2 Å². The van der Waals surface area contributed by atoms with Crippen LogP contribution in [0.2, 0.25) is 0 Å². The topological polar surface area (TPSA) is 80.2 Å². The second kappa shape index (κ2) is 5.71. The smallest absolute Gasteiger partial charge is 0.285 e. The Labute approximate surface area is 118 Å². The number of carbonyl (C=O) groups is 1. The van der Waals surface area contributed by atoms with Gasteiger partial charge < -0.3 is 0 Å². The van der Waals surface area contributed by atoms with E-state index in [0.717, 1.165) is 16.5 Å². The van der Waals surface area contributed by atoms with Gasteiger partial charge in [0.05, 0.1) is 0 Å². The molecule has 6 nitrogen and oxygen atoms in total. The second-order valence-corrected chi connectivity index (χ2v) is 7.92. The molecule has 0 bridgehead atoms. The first-order chi connectivity index (χ1) is 8.91. The van der Waals surface area contributed by atoms with E-state index in [1.807, 2.05) is 6.92 Å². The number of rotatable bonds is 5. The summed E-state index contributed by atoms with van der Waals surface area (Å²) in [6.07, 6.45) is 0.653. The summed E-state index contributed by atoms with van der Waals surface area (Å²) in [6, 6.07) is 0. The summed E-state index contributed by atoms with van der Waals surface area (Å²) in [7, 11) is -4.70. The molecule has 1 unspecified atom stereocenters. The van der Waals surface area contributed by atoms with E-state index in [0.29, 0.717) is 5.13 Å². The average Bonchev–Trinajstić information content (AvgIpc) is 2.91. The lowest BCUT2D eigenvalue weighted by Gasteiger charge is -2.10. The lowest BCUT2D eigenvalue weighted by atomic mass is 10.4. The van der Waals surface area contributed by atoms with Crippen LogP contribution in [0.1, 0.15) is 19.8 Å². The van der Waals surface area contributed by atoms with Crippen LogP contribution in [0.3, 0.4) is 0 Å². The van der Waals surface area contributed by atoms with Crippen molar-refractivity contribution in [3.63, 3.8) is 0 Å². The third-order valence-electron chi connectivity index (χ3n) is 2.54. The molecule has 1 amide bonds. The fourth-order valence-corrected chi connectivity index (χ4v) is 4.07. The Kier molecular flexibility index (Phi) is 4.41. The molecule has 10 heteroatoms. The fourth-order valence-electron chi connectivity index (χ4n) is 1.61. The molecule has 1 aliphatic rings. The van der Waals surface area contributed by atoms with Crippen LogP contribution >= 0.6 is 23.1 Å².